The van der Waals surface area contributed by atoms with Gasteiger partial charge in [0, 0.05) is 18.0 Å². The lowest BCUT2D eigenvalue weighted by atomic mass is 9.99. The maximum absolute atomic E-state index is 12.1. The van der Waals surface area contributed by atoms with Crippen molar-refractivity contribution in [2.75, 3.05) is 12.9 Å². The molecule has 0 fully saturated rings. The smallest absolute Gasteiger partial charge is 0.328 e. The minimum Gasteiger partial charge on any atom is -0.467 e. The quantitative estimate of drug-likeness (QED) is 0.542. The molecule has 0 radical (unpaired) electrons. The van der Waals surface area contributed by atoms with Gasteiger partial charge in [0.25, 0.3) is 0 Å². The number of aromatic amines is 1. The Morgan fingerprint density at radius 3 is 2.72 bits per heavy atom. The molecule has 1 amide bonds. The normalized spacial score (nSPS) is 13.1. The third kappa shape index (κ3) is 5.28. The molecule has 0 bridgehead atoms. The zero-order chi connectivity index (χ0) is 18.2. The van der Waals surface area contributed by atoms with Crippen LogP contribution in [0.25, 0.3) is 11.4 Å². The van der Waals surface area contributed by atoms with Crippen LogP contribution in [0.1, 0.15) is 20.3 Å². The number of H-pyrrole nitrogens is 1. The first kappa shape index (κ1) is 18.9. The van der Waals surface area contributed by atoms with Crippen molar-refractivity contribution < 1.29 is 14.3 Å². The molecule has 25 heavy (non-hydrogen) atoms. The molecule has 0 spiro atoms. The van der Waals surface area contributed by atoms with E-state index in [0.29, 0.717) is 11.0 Å². The fourth-order valence-corrected chi connectivity index (χ4v) is 2.70. The molecule has 0 aliphatic heterocycles. The summed E-state index contributed by atoms with van der Waals surface area (Å²) >= 11 is 1.19. The standard InChI is InChI=1S/C16H21N5O3S/c1-4-10(2)13(15(23)24-3)18-12(22)9-25-16-19-14(20-21-16)11-5-7-17-8-6-11/h5-8,10,13H,4,9H2,1-3H3,(H,18,22)(H,19,20,21)/t10-,13-/m1/s1. The molecule has 134 valence electrons. The van der Waals surface area contributed by atoms with Gasteiger partial charge in [-0.1, -0.05) is 32.0 Å². The van der Waals surface area contributed by atoms with Crippen LogP contribution in [-0.2, 0) is 14.3 Å². The SMILES string of the molecule is CC[C@@H](C)[C@@H](NC(=O)CSc1n[nH]c(-c2ccncc2)n1)C(=O)OC. The second kappa shape index (κ2) is 9.16. The van der Waals surface area contributed by atoms with Gasteiger partial charge in [-0.25, -0.2) is 9.78 Å². The number of methoxy groups -OCH3 is 1. The van der Waals surface area contributed by atoms with Crippen LogP contribution in [0.2, 0.25) is 0 Å². The summed E-state index contributed by atoms with van der Waals surface area (Å²) in [6.45, 7) is 3.85. The third-order valence-corrected chi connectivity index (χ3v) is 4.58. The maximum atomic E-state index is 12.1. The van der Waals surface area contributed by atoms with Gasteiger partial charge < -0.3 is 10.1 Å². The second-order valence-electron chi connectivity index (χ2n) is 5.45. The minimum absolute atomic E-state index is 0.0109. The van der Waals surface area contributed by atoms with Crippen molar-refractivity contribution in [3.05, 3.63) is 24.5 Å². The first-order valence-corrected chi connectivity index (χ1v) is 8.86. The van der Waals surface area contributed by atoms with Crippen LogP contribution in [0.15, 0.2) is 29.7 Å². The molecule has 8 nitrogen and oxygen atoms in total. The van der Waals surface area contributed by atoms with Gasteiger partial charge in [-0.05, 0) is 18.1 Å². The van der Waals surface area contributed by atoms with Crippen LogP contribution in [-0.4, -0.2) is 50.9 Å². The van der Waals surface area contributed by atoms with Crippen molar-refractivity contribution in [2.45, 2.75) is 31.5 Å². The highest BCUT2D eigenvalue weighted by Crippen LogP contribution is 2.18. The monoisotopic (exact) mass is 363 g/mol. The number of nitrogens with one attached hydrogen (secondary N) is 2. The van der Waals surface area contributed by atoms with E-state index in [0.717, 1.165) is 12.0 Å². The Hall–Kier alpha value is -2.42. The molecule has 0 saturated carbocycles. The highest BCUT2D eigenvalue weighted by molar-refractivity contribution is 7.99. The van der Waals surface area contributed by atoms with E-state index < -0.39 is 12.0 Å². The third-order valence-electron chi connectivity index (χ3n) is 3.74. The summed E-state index contributed by atoms with van der Waals surface area (Å²) in [6.07, 6.45) is 4.09. The van der Waals surface area contributed by atoms with Gasteiger partial charge in [0.1, 0.15) is 6.04 Å². The van der Waals surface area contributed by atoms with Crippen LogP contribution < -0.4 is 5.32 Å². The summed E-state index contributed by atoms with van der Waals surface area (Å²) in [7, 11) is 1.31. The van der Waals surface area contributed by atoms with Crippen LogP contribution in [0.3, 0.4) is 0 Å². The molecule has 0 aliphatic rings. The van der Waals surface area contributed by atoms with Crippen molar-refractivity contribution >= 4 is 23.6 Å². The van der Waals surface area contributed by atoms with Gasteiger partial charge in [-0.15, -0.1) is 5.10 Å². The molecule has 2 aromatic heterocycles. The predicted molar refractivity (Wildman–Crippen MR) is 93.7 cm³/mol. The van der Waals surface area contributed by atoms with E-state index in [-0.39, 0.29) is 17.6 Å². The van der Waals surface area contributed by atoms with Crippen molar-refractivity contribution in [3.63, 3.8) is 0 Å². The number of carbonyl (C=O) groups excluding carboxylic acids is 2. The molecule has 2 heterocycles. The van der Waals surface area contributed by atoms with Gasteiger partial charge in [-0.3, -0.25) is 14.9 Å². The number of esters is 1. The van der Waals surface area contributed by atoms with E-state index in [2.05, 4.69) is 25.5 Å². The first-order chi connectivity index (χ1) is 12.0. The molecule has 0 aromatic carbocycles. The lowest BCUT2D eigenvalue weighted by Gasteiger charge is -2.21. The Morgan fingerprint density at radius 2 is 2.08 bits per heavy atom. The predicted octanol–water partition coefficient (Wildman–Crippen LogP) is 1.66. The molecule has 0 aliphatic carbocycles. The van der Waals surface area contributed by atoms with Crippen LogP contribution >= 0.6 is 11.8 Å². The van der Waals surface area contributed by atoms with Gasteiger partial charge in [0.05, 0.1) is 12.9 Å². The van der Waals surface area contributed by atoms with Gasteiger partial charge in [0.2, 0.25) is 11.1 Å². The highest BCUT2D eigenvalue weighted by atomic mass is 32.2. The summed E-state index contributed by atoms with van der Waals surface area (Å²) in [6, 6.07) is 2.98. The Kier molecular flexibility index (Phi) is 6.93. The molecule has 2 rings (SSSR count). The van der Waals surface area contributed by atoms with Crippen molar-refractivity contribution in [2.24, 2.45) is 5.92 Å². The molecule has 2 N–H and O–H groups in total. The van der Waals surface area contributed by atoms with Crippen molar-refractivity contribution in [3.8, 4) is 11.4 Å². The van der Waals surface area contributed by atoms with E-state index in [4.69, 9.17) is 4.74 Å². The van der Waals surface area contributed by atoms with Crippen molar-refractivity contribution in [1.82, 2.24) is 25.5 Å². The average molecular weight is 363 g/mol. The average Bonchev–Trinajstić information content (AvgIpc) is 3.13. The van der Waals surface area contributed by atoms with Gasteiger partial charge in [-0.2, -0.15) is 0 Å². The molecule has 0 unspecified atom stereocenters. The fourth-order valence-electron chi connectivity index (χ4n) is 2.09. The number of nitrogens with zero attached hydrogens (tertiary/aromatic N) is 3. The van der Waals surface area contributed by atoms with Crippen LogP contribution in [0, 0.1) is 5.92 Å². The molecule has 0 saturated heterocycles. The number of pyridine rings is 1. The Morgan fingerprint density at radius 1 is 1.36 bits per heavy atom. The number of aromatic nitrogens is 4. The topological polar surface area (TPSA) is 110 Å². The maximum Gasteiger partial charge on any atom is 0.328 e. The Balaban J connectivity index is 1.91. The van der Waals surface area contributed by atoms with E-state index in [1.54, 1.807) is 12.4 Å². The first-order valence-electron chi connectivity index (χ1n) is 7.88. The zero-order valence-electron chi connectivity index (χ0n) is 14.4. The van der Waals surface area contributed by atoms with E-state index in [1.165, 1.54) is 18.9 Å². The van der Waals surface area contributed by atoms with E-state index in [1.807, 2.05) is 26.0 Å². The number of thioether (sulfide) groups is 1. The van der Waals surface area contributed by atoms with Crippen LogP contribution in [0.4, 0.5) is 0 Å². The lowest BCUT2D eigenvalue weighted by Crippen LogP contribution is -2.46. The summed E-state index contributed by atoms with van der Waals surface area (Å²) < 4.78 is 4.76. The summed E-state index contributed by atoms with van der Waals surface area (Å²) in [5.41, 5.74) is 0.862. The molecule has 2 atom stereocenters. The Bertz CT molecular complexity index is 707. The zero-order valence-corrected chi connectivity index (χ0v) is 15.2. The number of hydrogen-bond acceptors (Lipinski definition) is 7. The van der Waals surface area contributed by atoms with Gasteiger partial charge in [0.15, 0.2) is 5.82 Å². The largest absolute Gasteiger partial charge is 0.467 e. The number of carbonyl (C=O) groups is 2. The summed E-state index contributed by atoms with van der Waals surface area (Å²) in [5, 5.41) is 10.1. The van der Waals surface area contributed by atoms with Crippen molar-refractivity contribution in [1.29, 1.82) is 0 Å². The van der Waals surface area contributed by atoms with Crippen LogP contribution in [0.5, 0.6) is 0 Å². The molecular weight excluding hydrogens is 342 g/mol. The number of amides is 1. The second-order valence-corrected chi connectivity index (χ2v) is 6.39. The minimum atomic E-state index is -0.650. The number of rotatable bonds is 8. The number of ether oxygens (including phenoxy) is 1. The molecular formula is C16H21N5O3S. The van der Waals surface area contributed by atoms with Gasteiger partial charge >= 0.3 is 5.97 Å². The molecule has 2 aromatic rings. The number of hydrogen-bond donors (Lipinski definition) is 2. The highest BCUT2D eigenvalue weighted by Gasteiger charge is 2.26. The fraction of sp³-hybridized carbons (Fsp3) is 0.438. The van der Waals surface area contributed by atoms with E-state index in [9.17, 15) is 9.59 Å². The lowest BCUT2D eigenvalue weighted by molar-refractivity contribution is -0.146. The van der Waals surface area contributed by atoms with E-state index >= 15 is 0 Å². The Labute approximate surface area is 150 Å². The summed E-state index contributed by atoms with van der Waals surface area (Å²) in [5.74, 6) is -0.000487. The summed E-state index contributed by atoms with van der Waals surface area (Å²) in [4.78, 5) is 32.2. The molecule has 9 heteroatoms.